The highest BCUT2D eigenvalue weighted by Gasteiger charge is 2.33. The molecule has 0 bridgehead atoms. The lowest BCUT2D eigenvalue weighted by Crippen LogP contribution is -2.21. The topological polar surface area (TPSA) is 125 Å². The fraction of sp³-hybridized carbons (Fsp3) is 0.0455. The number of nitrogens with one attached hydrogen (secondary N) is 1. The molecule has 144 valence electrons. The summed E-state index contributed by atoms with van der Waals surface area (Å²) in [5.74, 6) is -0.655. The molecule has 0 aliphatic carbocycles. The van der Waals surface area contributed by atoms with Crippen LogP contribution in [0.3, 0.4) is 0 Å². The van der Waals surface area contributed by atoms with E-state index in [0.29, 0.717) is 22.2 Å². The highest BCUT2D eigenvalue weighted by Crippen LogP contribution is 2.41. The van der Waals surface area contributed by atoms with Crippen molar-refractivity contribution >= 4 is 34.4 Å². The van der Waals surface area contributed by atoms with Gasteiger partial charge in [0.1, 0.15) is 17.5 Å². The summed E-state index contributed by atoms with van der Waals surface area (Å²) in [6, 6.07) is 14.0. The van der Waals surface area contributed by atoms with Gasteiger partial charge in [0.25, 0.3) is 5.91 Å². The van der Waals surface area contributed by atoms with Crippen LogP contribution in [0.1, 0.15) is 22.2 Å². The predicted molar refractivity (Wildman–Crippen MR) is 112 cm³/mol. The number of aromatic hydroxyl groups is 1. The monoisotopic (exact) mass is 386 g/mol. The summed E-state index contributed by atoms with van der Waals surface area (Å²) in [5.41, 5.74) is 7.54. The third kappa shape index (κ3) is 2.84. The lowest BCUT2D eigenvalue weighted by molar-refractivity contribution is 0.0963. The fourth-order valence-electron chi connectivity index (χ4n) is 3.53. The molecule has 7 nitrogen and oxygen atoms in total. The van der Waals surface area contributed by atoms with Crippen LogP contribution in [0.25, 0.3) is 10.9 Å². The number of allylic oxidation sites excluding steroid dienone is 3. The molecule has 4 rings (SSSR count). The Morgan fingerprint density at radius 2 is 1.90 bits per heavy atom. The van der Waals surface area contributed by atoms with Crippen LogP contribution in [0.2, 0.25) is 0 Å². The molecular weight excluding hydrogens is 368 g/mol. The number of hydrogen-bond acceptors (Lipinski definition) is 6. The fourth-order valence-corrected chi connectivity index (χ4v) is 3.53. The van der Waals surface area contributed by atoms with Crippen LogP contribution in [0.4, 0.5) is 5.69 Å². The lowest BCUT2D eigenvalue weighted by Gasteiger charge is -2.13. The molecule has 0 radical (unpaired) electrons. The Balaban J connectivity index is 2.00. The zero-order chi connectivity index (χ0) is 20.5. The molecule has 0 saturated carbocycles. The van der Waals surface area contributed by atoms with E-state index in [4.69, 9.17) is 11.1 Å². The molecule has 0 saturated heterocycles. The largest absolute Gasteiger partial charge is 0.505 e. The average molecular weight is 386 g/mol. The average Bonchev–Trinajstić information content (AvgIpc) is 3.22. The molecule has 0 spiro atoms. The Morgan fingerprint density at radius 1 is 1.17 bits per heavy atom. The van der Waals surface area contributed by atoms with Crippen molar-refractivity contribution in [3.63, 3.8) is 0 Å². The second kappa shape index (κ2) is 7.21. The van der Waals surface area contributed by atoms with Gasteiger partial charge in [-0.1, -0.05) is 30.3 Å². The minimum atomic E-state index is -1.09. The molecule has 0 amide bonds. The number of carbonyl (C=O) groups excluding carboxylic acids is 1. The molecule has 7 heteroatoms. The minimum Gasteiger partial charge on any atom is -0.505 e. The highest BCUT2D eigenvalue weighted by molar-refractivity contribution is 6.18. The Morgan fingerprint density at radius 3 is 2.62 bits per heavy atom. The highest BCUT2D eigenvalue weighted by atomic mass is 16.3. The second-order valence-electron chi connectivity index (χ2n) is 6.46. The van der Waals surface area contributed by atoms with Gasteiger partial charge in [0.05, 0.1) is 11.2 Å². The van der Waals surface area contributed by atoms with Gasteiger partial charge in [-0.3, -0.25) is 9.36 Å². The van der Waals surface area contributed by atoms with Gasteiger partial charge in [-0.15, -0.1) is 0 Å². The molecule has 29 heavy (non-hydrogen) atoms. The normalized spacial score (nSPS) is 16.2. The van der Waals surface area contributed by atoms with E-state index in [0.717, 1.165) is 6.21 Å². The number of aliphatic imine (C=N–C) groups is 1. The number of rotatable bonds is 4. The molecule has 0 fully saturated rings. The summed E-state index contributed by atoms with van der Waals surface area (Å²) in [5, 5.41) is 29.6. The summed E-state index contributed by atoms with van der Waals surface area (Å²) in [6.45, 7) is 0. The van der Waals surface area contributed by atoms with Crippen molar-refractivity contribution in [2.24, 2.45) is 10.7 Å². The van der Waals surface area contributed by atoms with E-state index in [1.807, 2.05) is 0 Å². The van der Waals surface area contributed by atoms with Crippen molar-refractivity contribution < 1.29 is 15.0 Å². The van der Waals surface area contributed by atoms with Crippen molar-refractivity contribution in [2.75, 3.05) is 0 Å². The van der Waals surface area contributed by atoms with Gasteiger partial charge < -0.3 is 21.4 Å². The van der Waals surface area contributed by atoms with E-state index >= 15 is 0 Å². The number of aliphatic hydroxyl groups is 1. The maximum absolute atomic E-state index is 13.3. The van der Waals surface area contributed by atoms with E-state index in [2.05, 4.69) is 4.99 Å². The predicted octanol–water partition coefficient (Wildman–Crippen LogP) is 3.20. The number of fused-ring (bicyclic) bond motifs is 2. The third-order valence-corrected chi connectivity index (χ3v) is 4.81. The number of aliphatic hydroxyl groups excluding tert-OH is 1. The van der Waals surface area contributed by atoms with Crippen LogP contribution in [-0.4, -0.2) is 32.6 Å². The van der Waals surface area contributed by atoms with Crippen molar-refractivity contribution in [3.05, 3.63) is 83.7 Å². The standard InChI is InChI=1S/C22H18N4O3/c23-11-9-13(10-12-24)22(29)26-17-8-4-2-6-15(17)21(28)19(26)18-20(27)14-5-1-3-7-16(14)25-18/h1-12,20,23,27-28H,24H2. The number of aromatic nitrogens is 1. The number of nitrogens with zero attached hydrogens (tertiary/aromatic N) is 2. The van der Waals surface area contributed by atoms with E-state index in [1.54, 1.807) is 48.5 Å². The molecule has 5 N–H and O–H groups in total. The molecule has 1 aliphatic rings. The van der Waals surface area contributed by atoms with Gasteiger partial charge >= 0.3 is 0 Å². The molecule has 2 heterocycles. The van der Waals surface area contributed by atoms with Gasteiger partial charge in [-0.05, 0) is 36.6 Å². The Bertz CT molecular complexity index is 1230. The summed E-state index contributed by atoms with van der Waals surface area (Å²) >= 11 is 0. The number of nitrogens with two attached hydrogens (primary N) is 1. The summed E-state index contributed by atoms with van der Waals surface area (Å²) in [7, 11) is 0. The zero-order valence-electron chi connectivity index (χ0n) is 15.3. The van der Waals surface area contributed by atoms with E-state index in [-0.39, 0.29) is 22.7 Å². The summed E-state index contributed by atoms with van der Waals surface area (Å²) in [4.78, 5) is 17.8. The van der Waals surface area contributed by atoms with Crippen molar-refractivity contribution in [1.29, 1.82) is 5.41 Å². The second-order valence-corrected chi connectivity index (χ2v) is 6.46. The molecule has 2 aromatic carbocycles. The Kier molecular flexibility index (Phi) is 4.58. The van der Waals surface area contributed by atoms with E-state index < -0.39 is 12.0 Å². The van der Waals surface area contributed by atoms with Crippen LogP contribution in [0.15, 0.2) is 77.4 Å². The lowest BCUT2D eigenvalue weighted by atomic mass is 10.0. The minimum absolute atomic E-state index is 0.112. The van der Waals surface area contributed by atoms with E-state index in [9.17, 15) is 15.0 Å². The first-order valence-corrected chi connectivity index (χ1v) is 8.90. The summed E-state index contributed by atoms with van der Waals surface area (Å²) < 4.78 is 1.30. The first kappa shape index (κ1) is 18.4. The van der Waals surface area contributed by atoms with E-state index in [1.165, 1.54) is 22.9 Å². The molecule has 1 aromatic heterocycles. The SMILES string of the molecule is N=CC=C(C=CN)C(=O)n1c(C2=Nc3ccccc3C2O)c(O)c2ccccc21. The molecule has 1 atom stereocenters. The van der Waals surface area contributed by atoms with Gasteiger partial charge in [0.15, 0.2) is 5.75 Å². The maximum atomic E-state index is 13.3. The zero-order valence-corrected chi connectivity index (χ0v) is 15.3. The Hall–Kier alpha value is -3.97. The van der Waals surface area contributed by atoms with Crippen molar-refractivity contribution in [1.82, 2.24) is 4.57 Å². The number of benzene rings is 2. The maximum Gasteiger partial charge on any atom is 0.263 e. The molecule has 1 unspecified atom stereocenters. The van der Waals surface area contributed by atoms with Crippen LogP contribution in [-0.2, 0) is 0 Å². The van der Waals surface area contributed by atoms with Crippen LogP contribution in [0, 0.1) is 5.41 Å². The first-order valence-electron chi connectivity index (χ1n) is 8.90. The Labute approximate surface area is 166 Å². The molecule has 1 aliphatic heterocycles. The smallest absolute Gasteiger partial charge is 0.263 e. The molecule has 3 aromatic rings. The number of para-hydroxylation sites is 2. The van der Waals surface area contributed by atoms with Crippen LogP contribution < -0.4 is 5.73 Å². The molecular formula is C22H18N4O3. The van der Waals surface area contributed by atoms with Gasteiger partial charge in [0.2, 0.25) is 0 Å². The van der Waals surface area contributed by atoms with Crippen molar-refractivity contribution in [3.8, 4) is 5.75 Å². The summed E-state index contributed by atoms with van der Waals surface area (Å²) in [6.07, 6.45) is 3.79. The number of carbonyl (C=O) groups is 1. The van der Waals surface area contributed by atoms with Gasteiger partial charge in [-0.2, -0.15) is 0 Å². The van der Waals surface area contributed by atoms with Crippen molar-refractivity contribution in [2.45, 2.75) is 6.10 Å². The number of hydrogen-bond donors (Lipinski definition) is 4. The first-order chi connectivity index (χ1) is 14.1. The van der Waals surface area contributed by atoms with Crippen LogP contribution >= 0.6 is 0 Å². The van der Waals surface area contributed by atoms with Crippen LogP contribution in [0.5, 0.6) is 5.75 Å². The third-order valence-electron chi connectivity index (χ3n) is 4.81. The van der Waals surface area contributed by atoms with Gasteiger partial charge in [0, 0.05) is 22.7 Å². The van der Waals surface area contributed by atoms with Gasteiger partial charge in [-0.25, -0.2) is 4.99 Å². The quantitative estimate of drug-likeness (QED) is 0.312.